The maximum atomic E-state index is 11.3. The summed E-state index contributed by atoms with van der Waals surface area (Å²) in [6, 6.07) is 0. The van der Waals surface area contributed by atoms with Crippen molar-refractivity contribution < 1.29 is 19.7 Å². The Balaban J connectivity index is 2.65. The molecule has 98 valence electrons. The molecule has 0 fully saturated rings. The second-order valence-corrected chi connectivity index (χ2v) is 5.19. The third-order valence-electron chi connectivity index (χ3n) is 2.95. The van der Waals surface area contributed by atoms with E-state index in [0.717, 1.165) is 0 Å². The van der Waals surface area contributed by atoms with E-state index in [2.05, 4.69) is 0 Å². The molecule has 4 nitrogen and oxygen atoms in total. The minimum atomic E-state index is -0.819. The summed E-state index contributed by atoms with van der Waals surface area (Å²) in [6.07, 6.45) is 4.57. The van der Waals surface area contributed by atoms with Gasteiger partial charge in [0.2, 0.25) is 0 Å². The van der Waals surface area contributed by atoms with Crippen LogP contribution in [0.4, 0.5) is 0 Å². The molecule has 0 aliphatic carbocycles. The summed E-state index contributed by atoms with van der Waals surface area (Å²) in [5.41, 5.74) is -0.819. The van der Waals surface area contributed by atoms with Crippen LogP contribution in [0.2, 0.25) is 0 Å². The number of aliphatic hydroxyl groups is 2. The number of esters is 1. The number of hydrogen-bond acceptors (Lipinski definition) is 4. The number of carbonyl (C=O) groups is 1. The fourth-order valence-corrected chi connectivity index (χ4v) is 1.77. The van der Waals surface area contributed by atoms with Crippen molar-refractivity contribution in [3.8, 4) is 0 Å². The van der Waals surface area contributed by atoms with Gasteiger partial charge >= 0.3 is 5.97 Å². The lowest BCUT2D eigenvalue weighted by Crippen LogP contribution is -2.27. The van der Waals surface area contributed by atoms with Crippen molar-refractivity contribution in [2.45, 2.75) is 51.2 Å². The van der Waals surface area contributed by atoms with Crippen LogP contribution in [0.25, 0.3) is 0 Å². The van der Waals surface area contributed by atoms with Crippen LogP contribution in [0.5, 0.6) is 0 Å². The molecule has 1 aliphatic rings. The highest BCUT2D eigenvalue weighted by Crippen LogP contribution is 2.20. The van der Waals surface area contributed by atoms with Crippen LogP contribution in [0, 0.1) is 5.92 Å². The van der Waals surface area contributed by atoms with Crippen LogP contribution in [-0.4, -0.2) is 34.5 Å². The molecule has 0 aromatic heterocycles. The van der Waals surface area contributed by atoms with E-state index in [1.54, 1.807) is 6.92 Å². The first-order chi connectivity index (χ1) is 7.89. The van der Waals surface area contributed by atoms with Crippen molar-refractivity contribution in [3.63, 3.8) is 0 Å². The quantitative estimate of drug-likeness (QED) is 0.498. The van der Waals surface area contributed by atoms with Crippen LogP contribution < -0.4 is 0 Å². The third-order valence-corrected chi connectivity index (χ3v) is 2.95. The number of ether oxygens (including phenoxy) is 1. The summed E-state index contributed by atoms with van der Waals surface area (Å²) in [4.78, 5) is 11.3. The number of carbonyl (C=O) groups excluding carboxylic acids is 1. The zero-order valence-electron chi connectivity index (χ0n) is 10.6. The van der Waals surface area contributed by atoms with Gasteiger partial charge in [-0.25, -0.2) is 0 Å². The van der Waals surface area contributed by atoms with Gasteiger partial charge in [0.1, 0.15) is 0 Å². The fraction of sp³-hybridized carbons (Fsp3) is 0.769. The summed E-state index contributed by atoms with van der Waals surface area (Å²) in [7, 11) is 0. The Labute approximate surface area is 102 Å². The molecule has 0 radical (unpaired) electrons. The van der Waals surface area contributed by atoms with E-state index in [1.165, 1.54) is 0 Å². The molecule has 0 saturated heterocycles. The average Bonchev–Trinajstić information content (AvgIpc) is 2.22. The molecule has 0 aromatic carbocycles. The number of aliphatic hydroxyl groups excluding tert-OH is 1. The molecule has 17 heavy (non-hydrogen) atoms. The van der Waals surface area contributed by atoms with Crippen molar-refractivity contribution in [3.05, 3.63) is 12.2 Å². The van der Waals surface area contributed by atoms with Gasteiger partial charge in [-0.1, -0.05) is 19.1 Å². The van der Waals surface area contributed by atoms with E-state index in [-0.39, 0.29) is 18.3 Å². The van der Waals surface area contributed by atoms with Crippen molar-refractivity contribution in [2.24, 2.45) is 5.92 Å². The van der Waals surface area contributed by atoms with Crippen LogP contribution in [0.15, 0.2) is 12.2 Å². The molecule has 3 unspecified atom stereocenters. The van der Waals surface area contributed by atoms with Crippen molar-refractivity contribution in [1.82, 2.24) is 0 Å². The maximum absolute atomic E-state index is 11.3. The van der Waals surface area contributed by atoms with Gasteiger partial charge in [-0.05, 0) is 26.2 Å². The largest absolute Gasteiger partial charge is 0.465 e. The van der Waals surface area contributed by atoms with Gasteiger partial charge in [0.15, 0.2) is 0 Å². The fourth-order valence-electron chi connectivity index (χ4n) is 1.77. The first-order valence-corrected chi connectivity index (χ1v) is 6.12. The van der Waals surface area contributed by atoms with E-state index in [9.17, 15) is 15.0 Å². The van der Waals surface area contributed by atoms with Crippen LogP contribution >= 0.6 is 0 Å². The van der Waals surface area contributed by atoms with Gasteiger partial charge in [-0.2, -0.15) is 0 Å². The summed E-state index contributed by atoms with van der Waals surface area (Å²) in [6.45, 7) is 4.02. The molecule has 3 atom stereocenters. The Morgan fingerprint density at radius 3 is 2.94 bits per heavy atom. The standard InChI is InChI=1S/C13H22O4/c1-10-4-3-6-13(2,16)7-5-11(14)8-12(15)17-9-10/h3-4,10-11,14,16H,5-9H2,1-2H3/b4-3+. The Morgan fingerprint density at radius 1 is 1.53 bits per heavy atom. The van der Waals surface area contributed by atoms with Crippen molar-refractivity contribution in [1.29, 1.82) is 0 Å². The smallest absolute Gasteiger partial charge is 0.308 e. The van der Waals surface area contributed by atoms with Gasteiger partial charge in [0, 0.05) is 5.92 Å². The second kappa shape index (κ2) is 6.17. The number of hydrogen-bond donors (Lipinski definition) is 2. The van der Waals surface area contributed by atoms with Crippen LogP contribution in [-0.2, 0) is 9.53 Å². The van der Waals surface area contributed by atoms with Gasteiger partial charge < -0.3 is 14.9 Å². The summed E-state index contributed by atoms with van der Waals surface area (Å²) < 4.78 is 5.04. The second-order valence-electron chi connectivity index (χ2n) is 5.19. The topological polar surface area (TPSA) is 66.8 Å². The van der Waals surface area contributed by atoms with Gasteiger partial charge in [0.25, 0.3) is 0 Å². The molecule has 1 aliphatic heterocycles. The van der Waals surface area contributed by atoms with E-state index in [4.69, 9.17) is 4.74 Å². The van der Waals surface area contributed by atoms with E-state index in [0.29, 0.717) is 25.9 Å². The SMILES string of the molecule is CC1/C=C/CC(C)(O)CCC(O)CC(=O)OC1. The van der Waals surface area contributed by atoms with E-state index < -0.39 is 11.7 Å². The van der Waals surface area contributed by atoms with Gasteiger partial charge in [-0.15, -0.1) is 0 Å². The molecule has 1 heterocycles. The monoisotopic (exact) mass is 242 g/mol. The van der Waals surface area contributed by atoms with Crippen molar-refractivity contribution >= 4 is 5.97 Å². The van der Waals surface area contributed by atoms with Crippen LogP contribution in [0.3, 0.4) is 0 Å². The number of rotatable bonds is 0. The Hall–Kier alpha value is -0.870. The molecule has 2 N–H and O–H groups in total. The lowest BCUT2D eigenvalue weighted by molar-refractivity contribution is -0.147. The molecule has 0 saturated carbocycles. The first-order valence-electron chi connectivity index (χ1n) is 6.12. The first kappa shape index (κ1) is 14.2. The van der Waals surface area contributed by atoms with E-state index >= 15 is 0 Å². The molecule has 0 aromatic rings. The van der Waals surface area contributed by atoms with Crippen molar-refractivity contribution in [2.75, 3.05) is 6.61 Å². The Morgan fingerprint density at radius 2 is 2.24 bits per heavy atom. The molecular formula is C13H22O4. The zero-order valence-corrected chi connectivity index (χ0v) is 10.6. The maximum Gasteiger partial charge on any atom is 0.308 e. The highest BCUT2D eigenvalue weighted by Gasteiger charge is 2.22. The average molecular weight is 242 g/mol. The molecule has 1 rings (SSSR count). The molecule has 0 amide bonds. The normalized spacial score (nSPS) is 38.7. The Kier molecular flexibility index (Phi) is 5.15. The predicted molar refractivity (Wildman–Crippen MR) is 64.4 cm³/mol. The molecule has 0 bridgehead atoms. The summed E-state index contributed by atoms with van der Waals surface area (Å²) in [5.74, 6) is -0.246. The predicted octanol–water partition coefficient (Wildman–Crippen LogP) is 1.41. The number of cyclic esters (lactones) is 1. The zero-order chi connectivity index (χ0) is 12.9. The Bertz CT molecular complexity index is 283. The van der Waals surface area contributed by atoms with Gasteiger partial charge in [0.05, 0.1) is 24.7 Å². The minimum Gasteiger partial charge on any atom is -0.465 e. The molecular weight excluding hydrogens is 220 g/mol. The lowest BCUT2D eigenvalue weighted by Gasteiger charge is -2.24. The molecule has 4 heteroatoms. The van der Waals surface area contributed by atoms with E-state index in [1.807, 2.05) is 19.1 Å². The molecule has 0 spiro atoms. The highest BCUT2D eigenvalue weighted by atomic mass is 16.5. The third kappa shape index (κ3) is 5.84. The van der Waals surface area contributed by atoms with Gasteiger partial charge in [-0.3, -0.25) is 4.79 Å². The summed E-state index contributed by atoms with van der Waals surface area (Å²) >= 11 is 0. The highest BCUT2D eigenvalue weighted by molar-refractivity contribution is 5.69. The minimum absolute atomic E-state index is 0.00646. The lowest BCUT2D eigenvalue weighted by atomic mass is 9.93. The summed E-state index contributed by atoms with van der Waals surface area (Å²) in [5, 5.41) is 19.7. The van der Waals surface area contributed by atoms with Crippen LogP contribution in [0.1, 0.15) is 39.5 Å².